The monoisotopic (exact) mass is 373 g/mol. The Morgan fingerprint density at radius 2 is 1.41 bits per heavy atom. The van der Waals surface area contributed by atoms with Crippen LogP contribution in [-0.2, 0) is 0 Å². The van der Waals surface area contributed by atoms with Crippen molar-refractivity contribution in [3.05, 3.63) is 63.7 Å². The van der Waals surface area contributed by atoms with Crippen molar-refractivity contribution in [2.75, 3.05) is 27.3 Å². The van der Waals surface area contributed by atoms with Crippen LogP contribution < -0.4 is 20.1 Å². The first-order valence-electron chi connectivity index (χ1n) is 7.99. The Morgan fingerprint density at radius 1 is 0.889 bits per heavy atom. The van der Waals surface area contributed by atoms with E-state index in [9.17, 15) is 19.7 Å². The quantitative estimate of drug-likeness (QED) is 0.413. The fourth-order valence-corrected chi connectivity index (χ4v) is 2.27. The van der Waals surface area contributed by atoms with Gasteiger partial charge in [0.2, 0.25) is 0 Å². The van der Waals surface area contributed by atoms with Crippen molar-refractivity contribution >= 4 is 17.5 Å². The van der Waals surface area contributed by atoms with Crippen LogP contribution >= 0.6 is 0 Å². The van der Waals surface area contributed by atoms with Gasteiger partial charge in [0.1, 0.15) is 0 Å². The van der Waals surface area contributed by atoms with E-state index < -0.39 is 4.92 Å². The lowest BCUT2D eigenvalue weighted by molar-refractivity contribution is -0.384. The predicted molar refractivity (Wildman–Crippen MR) is 97.3 cm³/mol. The van der Waals surface area contributed by atoms with E-state index in [0.717, 1.165) is 0 Å². The molecule has 2 rings (SSSR count). The largest absolute Gasteiger partial charge is 0.493 e. The van der Waals surface area contributed by atoms with Gasteiger partial charge in [-0.2, -0.15) is 0 Å². The topological polar surface area (TPSA) is 120 Å². The second-order valence-electron chi connectivity index (χ2n) is 5.39. The molecule has 9 heteroatoms. The number of nitro groups is 1. The molecule has 2 aromatic rings. The van der Waals surface area contributed by atoms with Crippen molar-refractivity contribution in [1.82, 2.24) is 10.6 Å². The van der Waals surface area contributed by atoms with Crippen LogP contribution in [0.3, 0.4) is 0 Å². The zero-order valence-electron chi connectivity index (χ0n) is 14.9. The normalized spacial score (nSPS) is 10.0. The first-order chi connectivity index (χ1) is 13.0. The van der Waals surface area contributed by atoms with Crippen LogP contribution in [0.15, 0.2) is 42.5 Å². The van der Waals surface area contributed by atoms with Gasteiger partial charge >= 0.3 is 0 Å². The van der Waals surface area contributed by atoms with E-state index in [4.69, 9.17) is 9.47 Å². The van der Waals surface area contributed by atoms with Crippen LogP contribution in [0.25, 0.3) is 0 Å². The number of nitro benzene ring substituents is 1. The molecule has 0 heterocycles. The Labute approximate surface area is 155 Å². The molecule has 0 unspecified atom stereocenters. The Hall–Kier alpha value is -3.62. The summed E-state index contributed by atoms with van der Waals surface area (Å²) in [5.74, 6) is 0.256. The van der Waals surface area contributed by atoms with Gasteiger partial charge in [-0.05, 0) is 30.3 Å². The molecule has 0 spiro atoms. The van der Waals surface area contributed by atoms with Crippen molar-refractivity contribution in [3.63, 3.8) is 0 Å². The molecular formula is C18H19N3O6. The van der Waals surface area contributed by atoms with Crippen molar-refractivity contribution in [1.29, 1.82) is 0 Å². The highest BCUT2D eigenvalue weighted by atomic mass is 16.6. The lowest BCUT2D eigenvalue weighted by Gasteiger charge is -2.10. The van der Waals surface area contributed by atoms with Crippen LogP contribution in [0.2, 0.25) is 0 Å². The van der Waals surface area contributed by atoms with E-state index in [-0.39, 0.29) is 30.6 Å². The Kier molecular flexibility index (Phi) is 6.70. The van der Waals surface area contributed by atoms with Crippen LogP contribution in [0.1, 0.15) is 20.7 Å². The zero-order chi connectivity index (χ0) is 19.8. The molecule has 0 aliphatic rings. The summed E-state index contributed by atoms with van der Waals surface area (Å²) in [6.45, 7) is 0.417. The number of hydrogen-bond acceptors (Lipinski definition) is 6. The first-order valence-corrected chi connectivity index (χ1v) is 7.99. The fraction of sp³-hybridized carbons (Fsp3) is 0.222. The molecule has 0 saturated carbocycles. The predicted octanol–water partition coefficient (Wildman–Crippen LogP) is 1.77. The first kappa shape index (κ1) is 19.7. The number of carbonyl (C=O) groups excluding carboxylic acids is 2. The van der Waals surface area contributed by atoms with Crippen molar-refractivity contribution < 1.29 is 24.0 Å². The van der Waals surface area contributed by atoms with E-state index in [1.165, 1.54) is 38.5 Å². The molecule has 0 radical (unpaired) electrons. The molecule has 142 valence electrons. The second kappa shape index (κ2) is 9.18. The highest BCUT2D eigenvalue weighted by molar-refractivity contribution is 5.95. The number of nitrogens with zero attached hydrogens (tertiary/aromatic N) is 1. The van der Waals surface area contributed by atoms with Gasteiger partial charge in [-0.15, -0.1) is 0 Å². The highest BCUT2D eigenvalue weighted by Crippen LogP contribution is 2.27. The molecule has 9 nitrogen and oxygen atoms in total. The second-order valence-corrected chi connectivity index (χ2v) is 5.39. The maximum atomic E-state index is 12.1. The number of ether oxygens (including phenoxy) is 2. The number of non-ortho nitro benzene ring substituents is 1. The van der Waals surface area contributed by atoms with Gasteiger partial charge in [0.15, 0.2) is 11.5 Å². The minimum atomic E-state index is -0.536. The van der Waals surface area contributed by atoms with Gasteiger partial charge in [-0.1, -0.05) is 0 Å². The maximum absolute atomic E-state index is 12.1. The Morgan fingerprint density at radius 3 is 1.93 bits per heavy atom. The molecule has 2 amide bonds. The van der Waals surface area contributed by atoms with E-state index in [1.54, 1.807) is 18.2 Å². The summed E-state index contributed by atoms with van der Waals surface area (Å²) in [6.07, 6.45) is 0. The Bertz CT molecular complexity index is 835. The summed E-state index contributed by atoms with van der Waals surface area (Å²) < 4.78 is 10.3. The highest BCUT2D eigenvalue weighted by Gasteiger charge is 2.11. The molecule has 0 aliphatic heterocycles. The van der Waals surface area contributed by atoms with Crippen LogP contribution in [0, 0.1) is 10.1 Å². The number of rotatable bonds is 8. The van der Waals surface area contributed by atoms with E-state index in [1.807, 2.05) is 0 Å². The number of methoxy groups -OCH3 is 2. The van der Waals surface area contributed by atoms with E-state index >= 15 is 0 Å². The molecule has 0 saturated heterocycles. The molecule has 0 fully saturated rings. The smallest absolute Gasteiger partial charge is 0.269 e. The summed E-state index contributed by atoms with van der Waals surface area (Å²) >= 11 is 0. The number of hydrogen-bond donors (Lipinski definition) is 2. The minimum Gasteiger partial charge on any atom is -0.493 e. The van der Waals surface area contributed by atoms with E-state index in [0.29, 0.717) is 22.6 Å². The standard InChI is InChI=1S/C18H19N3O6/c1-26-15-8-5-13(11-16(15)27-2)18(23)20-10-9-19-17(22)12-3-6-14(7-4-12)21(24)25/h3-8,11H,9-10H2,1-2H3,(H,19,22)(H,20,23). The number of nitrogens with one attached hydrogen (secondary N) is 2. The van der Waals surface area contributed by atoms with E-state index in [2.05, 4.69) is 10.6 Å². The van der Waals surface area contributed by atoms with Crippen molar-refractivity contribution in [2.24, 2.45) is 0 Å². The lowest BCUT2D eigenvalue weighted by Crippen LogP contribution is -2.34. The van der Waals surface area contributed by atoms with Gasteiger partial charge in [-0.25, -0.2) is 0 Å². The summed E-state index contributed by atoms with van der Waals surface area (Å²) in [6, 6.07) is 10.0. The molecule has 27 heavy (non-hydrogen) atoms. The van der Waals surface area contributed by atoms with Crippen molar-refractivity contribution in [3.8, 4) is 11.5 Å². The average Bonchev–Trinajstić information content (AvgIpc) is 2.70. The van der Waals surface area contributed by atoms with Crippen LogP contribution in [-0.4, -0.2) is 44.0 Å². The van der Waals surface area contributed by atoms with Gasteiger partial charge in [0.25, 0.3) is 17.5 Å². The van der Waals surface area contributed by atoms with Crippen LogP contribution in [0.5, 0.6) is 11.5 Å². The number of carbonyl (C=O) groups is 2. The summed E-state index contributed by atoms with van der Waals surface area (Å²) in [7, 11) is 2.98. The third-order valence-corrected chi connectivity index (χ3v) is 3.68. The summed E-state index contributed by atoms with van der Waals surface area (Å²) in [5, 5.41) is 15.9. The van der Waals surface area contributed by atoms with Gasteiger partial charge < -0.3 is 20.1 Å². The molecule has 0 bridgehead atoms. The molecule has 0 atom stereocenters. The molecule has 2 N–H and O–H groups in total. The number of amides is 2. The van der Waals surface area contributed by atoms with Crippen LogP contribution in [0.4, 0.5) is 5.69 Å². The fourth-order valence-electron chi connectivity index (χ4n) is 2.27. The zero-order valence-corrected chi connectivity index (χ0v) is 14.9. The van der Waals surface area contributed by atoms with Gasteiger partial charge in [-0.3, -0.25) is 19.7 Å². The summed E-state index contributed by atoms with van der Waals surface area (Å²) in [4.78, 5) is 34.2. The van der Waals surface area contributed by atoms with Gasteiger partial charge in [0.05, 0.1) is 19.1 Å². The van der Waals surface area contributed by atoms with Gasteiger partial charge in [0, 0.05) is 36.3 Å². The Balaban J connectivity index is 1.83. The number of benzene rings is 2. The maximum Gasteiger partial charge on any atom is 0.269 e. The lowest BCUT2D eigenvalue weighted by atomic mass is 10.2. The minimum absolute atomic E-state index is 0.0891. The average molecular weight is 373 g/mol. The molecule has 2 aromatic carbocycles. The molecule has 0 aromatic heterocycles. The SMILES string of the molecule is COc1ccc(C(=O)NCCNC(=O)c2ccc([N+](=O)[O-])cc2)cc1OC. The third kappa shape index (κ3) is 5.18. The third-order valence-electron chi connectivity index (χ3n) is 3.68. The molecule has 0 aliphatic carbocycles. The molecular weight excluding hydrogens is 354 g/mol. The summed E-state index contributed by atoms with van der Waals surface area (Å²) in [5.41, 5.74) is 0.606. The van der Waals surface area contributed by atoms with Crippen molar-refractivity contribution in [2.45, 2.75) is 0 Å².